The van der Waals surface area contributed by atoms with Crippen LogP contribution in [0.2, 0.25) is 0 Å². The van der Waals surface area contributed by atoms with Gasteiger partial charge in [0.25, 0.3) is 0 Å². The standard InChI is InChI=1S/C20H18N2O3/c23-19(14-22-17-8-4-5-9-18(17)25-20(22)24)21-12-10-16(11-13-21)15-6-2-1-3-7-15/h1-10H,11-14H2. The van der Waals surface area contributed by atoms with Crippen LogP contribution in [0, 0.1) is 0 Å². The molecule has 2 heterocycles. The SMILES string of the molecule is O=C(Cn1c(=O)oc2ccccc21)N1CC=C(c2ccccc2)CC1. The molecule has 0 fully saturated rings. The number of hydrogen-bond donors (Lipinski definition) is 0. The van der Waals surface area contributed by atoms with Crippen LogP contribution in [0.25, 0.3) is 16.7 Å². The first-order valence-corrected chi connectivity index (χ1v) is 8.33. The fourth-order valence-corrected chi connectivity index (χ4v) is 3.21. The lowest BCUT2D eigenvalue weighted by molar-refractivity contribution is -0.131. The molecule has 0 bridgehead atoms. The van der Waals surface area contributed by atoms with Gasteiger partial charge in [0.05, 0.1) is 5.52 Å². The fraction of sp³-hybridized carbons (Fsp3) is 0.200. The molecule has 0 unspecified atom stereocenters. The predicted octanol–water partition coefficient (Wildman–Crippen LogP) is 2.91. The number of carbonyl (C=O) groups is 1. The third kappa shape index (κ3) is 3.01. The van der Waals surface area contributed by atoms with Crippen LogP contribution in [0.1, 0.15) is 12.0 Å². The monoisotopic (exact) mass is 334 g/mol. The molecule has 2 aromatic carbocycles. The smallest absolute Gasteiger partial charge is 0.408 e. The normalized spacial score (nSPS) is 14.6. The minimum absolute atomic E-state index is 0.00432. The average Bonchev–Trinajstić information content (AvgIpc) is 2.98. The first kappa shape index (κ1) is 15.4. The molecule has 1 aliphatic heterocycles. The second-order valence-corrected chi connectivity index (χ2v) is 6.11. The Balaban J connectivity index is 1.50. The molecule has 1 amide bonds. The molecule has 5 nitrogen and oxygen atoms in total. The van der Waals surface area contributed by atoms with Crippen molar-refractivity contribution in [1.82, 2.24) is 9.47 Å². The molecular formula is C20H18N2O3. The second-order valence-electron chi connectivity index (χ2n) is 6.11. The van der Waals surface area contributed by atoms with Crippen LogP contribution in [0.3, 0.4) is 0 Å². The summed E-state index contributed by atoms with van der Waals surface area (Å²) in [5.74, 6) is -0.566. The van der Waals surface area contributed by atoms with Crippen molar-refractivity contribution >= 4 is 22.6 Å². The van der Waals surface area contributed by atoms with Crippen molar-refractivity contribution in [2.75, 3.05) is 13.1 Å². The summed E-state index contributed by atoms with van der Waals surface area (Å²) in [4.78, 5) is 26.4. The summed E-state index contributed by atoms with van der Waals surface area (Å²) in [5.41, 5.74) is 3.62. The van der Waals surface area contributed by atoms with Crippen molar-refractivity contribution in [3.05, 3.63) is 76.8 Å². The van der Waals surface area contributed by atoms with Crippen LogP contribution in [0.5, 0.6) is 0 Å². The van der Waals surface area contributed by atoms with Crippen LogP contribution in [-0.4, -0.2) is 28.5 Å². The van der Waals surface area contributed by atoms with Gasteiger partial charge in [-0.2, -0.15) is 0 Å². The summed E-state index contributed by atoms with van der Waals surface area (Å²) >= 11 is 0. The number of rotatable bonds is 3. The van der Waals surface area contributed by atoms with Crippen molar-refractivity contribution in [2.24, 2.45) is 0 Å². The summed E-state index contributed by atoms with van der Waals surface area (Å²) in [6.45, 7) is 1.22. The van der Waals surface area contributed by atoms with Gasteiger partial charge < -0.3 is 9.32 Å². The summed E-state index contributed by atoms with van der Waals surface area (Å²) in [5, 5.41) is 0. The molecule has 1 aromatic heterocycles. The van der Waals surface area contributed by atoms with Gasteiger partial charge in [0.1, 0.15) is 6.54 Å². The minimum Gasteiger partial charge on any atom is -0.408 e. The van der Waals surface area contributed by atoms with Gasteiger partial charge in [-0.05, 0) is 29.7 Å². The highest BCUT2D eigenvalue weighted by molar-refractivity contribution is 5.80. The molecule has 3 aromatic rings. The third-order valence-electron chi connectivity index (χ3n) is 4.57. The molecule has 0 N–H and O–H groups in total. The van der Waals surface area contributed by atoms with Crippen molar-refractivity contribution in [3.8, 4) is 0 Å². The number of para-hydroxylation sites is 2. The highest BCUT2D eigenvalue weighted by Crippen LogP contribution is 2.22. The molecule has 126 valence electrons. The zero-order valence-corrected chi connectivity index (χ0v) is 13.7. The lowest BCUT2D eigenvalue weighted by Gasteiger charge is -2.26. The van der Waals surface area contributed by atoms with Crippen LogP contribution < -0.4 is 5.76 Å². The topological polar surface area (TPSA) is 55.5 Å². The first-order chi connectivity index (χ1) is 12.2. The molecule has 0 spiro atoms. The van der Waals surface area contributed by atoms with E-state index < -0.39 is 5.76 Å². The summed E-state index contributed by atoms with van der Waals surface area (Å²) in [7, 11) is 0. The number of fused-ring (bicyclic) bond motifs is 1. The van der Waals surface area contributed by atoms with Crippen LogP contribution in [0.4, 0.5) is 0 Å². The van der Waals surface area contributed by atoms with Crippen molar-refractivity contribution in [3.63, 3.8) is 0 Å². The zero-order valence-electron chi connectivity index (χ0n) is 13.7. The van der Waals surface area contributed by atoms with Gasteiger partial charge in [0, 0.05) is 13.1 Å². The van der Waals surface area contributed by atoms with E-state index in [9.17, 15) is 9.59 Å². The molecule has 5 heteroatoms. The van der Waals surface area contributed by atoms with Crippen molar-refractivity contribution in [2.45, 2.75) is 13.0 Å². The number of oxazole rings is 1. The van der Waals surface area contributed by atoms with E-state index in [0.717, 1.165) is 6.42 Å². The largest absolute Gasteiger partial charge is 0.420 e. The van der Waals surface area contributed by atoms with Gasteiger partial charge >= 0.3 is 5.76 Å². The zero-order chi connectivity index (χ0) is 17.2. The van der Waals surface area contributed by atoms with E-state index in [2.05, 4.69) is 18.2 Å². The number of aromatic nitrogens is 1. The van der Waals surface area contributed by atoms with Gasteiger partial charge in [0.15, 0.2) is 5.58 Å². The van der Waals surface area contributed by atoms with Crippen LogP contribution >= 0.6 is 0 Å². The lowest BCUT2D eigenvalue weighted by Crippen LogP contribution is -2.38. The Labute approximate surface area is 144 Å². The Kier molecular flexibility index (Phi) is 3.98. The molecular weight excluding hydrogens is 316 g/mol. The Morgan fingerprint density at radius 3 is 2.56 bits per heavy atom. The maximum atomic E-state index is 12.6. The van der Waals surface area contributed by atoms with E-state index in [4.69, 9.17) is 4.42 Å². The van der Waals surface area contributed by atoms with E-state index in [1.807, 2.05) is 24.3 Å². The summed E-state index contributed by atoms with van der Waals surface area (Å²) in [6.07, 6.45) is 2.91. The highest BCUT2D eigenvalue weighted by Gasteiger charge is 2.20. The van der Waals surface area contributed by atoms with Crippen molar-refractivity contribution in [1.29, 1.82) is 0 Å². The molecule has 0 radical (unpaired) electrons. The van der Waals surface area contributed by atoms with Crippen LogP contribution in [0.15, 0.2) is 69.9 Å². The predicted molar refractivity (Wildman–Crippen MR) is 96.1 cm³/mol. The average molecular weight is 334 g/mol. The third-order valence-corrected chi connectivity index (χ3v) is 4.57. The Morgan fingerprint density at radius 2 is 1.80 bits per heavy atom. The minimum atomic E-state index is -0.493. The van der Waals surface area contributed by atoms with E-state index >= 15 is 0 Å². The highest BCUT2D eigenvalue weighted by atomic mass is 16.4. The van der Waals surface area contributed by atoms with Crippen LogP contribution in [-0.2, 0) is 11.3 Å². The summed E-state index contributed by atoms with van der Waals surface area (Å²) < 4.78 is 6.58. The molecule has 0 aliphatic carbocycles. The molecule has 0 atom stereocenters. The molecule has 0 saturated carbocycles. The van der Waals surface area contributed by atoms with Gasteiger partial charge in [-0.15, -0.1) is 0 Å². The molecule has 1 aliphatic rings. The maximum Gasteiger partial charge on any atom is 0.420 e. The van der Waals surface area contributed by atoms with Gasteiger partial charge in [-0.1, -0.05) is 48.5 Å². The fourth-order valence-electron chi connectivity index (χ4n) is 3.21. The Hall–Kier alpha value is -3.08. The Bertz CT molecular complexity index is 998. The van der Waals surface area contributed by atoms with E-state index in [-0.39, 0.29) is 12.5 Å². The quantitative estimate of drug-likeness (QED) is 0.740. The summed E-state index contributed by atoms with van der Waals surface area (Å²) in [6, 6.07) is 17.3. The number of hydrogen-bond acceptors (Lipinski definition) is 3. The molecule has 0 saturated heterocycles. The maximum absolute atomic E-state index is 12.6. The molecule has 25 heavy (non-hydrogen) atoms. The molecule has 4 rings (SSSR count). The lowest BCUT2D eigenvalue weighted by atomic mass is 9.99. The van der Waals surface area contributed by atoms with Gasteiger partial charge in [-0.25, -0.2) is 4.79 Å². The first-order valence-electron chi connectivity index (χ1n) is 8.33. The number of amides is 1. The van der Waals surface area contributed by atoms with E-state index in [0.29, 0.717) is 24.2 Å². The second kappa shape index (κ2) is 6.43. The van der Waals surface area contributed by atoms with Gasteiger partial charge in [0.2, 0.25) is 5.91 Å². The van der Waals surface area contributed by atoms with Crippen molar-refractivity contribution < 1.29 is 9.21 Å². The number of benzene rings is 2. The van der Waals surface area contributed by atoms with E-state index in [1.54, 1.807) is 23.1 Å². The Morgan fingerprint density at radius 1 is 1.04 bits per heavy atom. The number of nitrogens with zero attached hydrogens (tertiary/aromatic N) is 2. The number of carbonyl (C=O) groups excluding carboxylic acids is 1. The van der Waals surface area contributed by atoms with Gasteiger partial charge in [-0.3, -0.25) is 9.36 Å². The van der Waals surface area contributed by atoms with E-state index in [1.165, 1.54) is 15.7 Å².